The van der Waals surface area contributed by atoms with E-state index in [1.54, 1.807) is 22.8 Å². The van der Waals surface area contributed by atoms with E-state index in [0.717, 1.165) is 51.1 Å². The molecule has 7 rings (SSSR count). The molecule has 31 heavy (non-hydrogen) atoms. The molecule has 160 valence electrons. The van der Waals surface area contributed by atoms with Crippen molar-refractivity contribution in [3.8, 4) is 11.4 Å². The summed E-state index contributed by atoms with van der Waals surface area (Å²) in [4.78, 5) is 23.5. The fourth-order valence-corrected chi connectivity index (χ4v) is 5.41. The first-order valence-corrected chi connectivity index (χ1v) is 11.5. The third kappa shape index (κ3) is 3.16. The quantitative estimate of drug-likeness (QED) is 0.639. The van der Waals surface area contributed by atoms with E-state index in [0.29, 0.717) is 28.3 Å². The van der Waals surface area contributed by atoms with Crippen molar-refractivity contribution in [1.82, 2.24) is 14.5 Å². The first-order valence-electron chi connectivity index (χ1n) is 11.5. The van der Waals surface area contributed by atoms with Gasteiger partial charge in [-0.15, -0.1) is 0 Å². The predicted molar refractivity (Wildman–Crippen MR) is 121 cm³/mol. The van der Waals surface area contributed by atoms with E-state index in [1.807, 2.05) is 12.1 Å². The minimum Gasteiger partial charge on any atom is -0.367 e. The van der Waals surface area contributed by atoms with Crippen molar-refractivity contribution in [1.29, 1.82) is 0 Å². The van der Waals surface area contributed by atoms with Gasteiger partial charge in [-0.3, -0.25) is 9.36 Å². The van der Waals surface area contributed by atoms with Crippen LogP contribution < -0.4 is 10.5 Å². The zero-order chi connectivity index (χ0) is 20.9. The highest BCUT2D eigenvalue weighted by Crippen LogP contribution is 2.35. The van der Waals surface area contributed by atoms with Crippen LogP contribution in [0, 0.1) is 5.82 Å². The van der Waals surface area contributed by atoms with Crippen molar-refractivity contribution in [2.24, 2.45) is 0 Å². The van der Waals surface area contributed by atoms with Crippen LogP contribution in [-0.4, -0.2) is 46.7 Å². The minimum absolute atomic E-state index is 0.0438. The van der Waals surface area contributed by atoms with Crippen molar-refractivity contribution in [2.45, 2.75) is 44.2 Å². The molecule has 0 spiro atoms. The molecule has 0 radical (unpaired) electrons. The SMILES string of the molecule is O=c1c2cc(N3CCN4CCC3CC4)ccc2nc(-c2ccccc2F)n1C1CCC1. The summed E-state index contributed by atoms with van der Waals surface area (Å²) in [6, 6.07) is 13.3. The average Bonchev–Trinajstić information content (AvgIpc) is 3.09. The van der Waals surface area contributed by atoms with Crippen molar-refractivity contribution in [3.63, 3.8) is 0 Å². The maximum absolute atomic E-state index is 14.6. The molecule has 0 atom stereocenters. The van der Waals surface area contributed by atoms with Gasteiger partial charge in [-0.25, -0.2) is 9.37 Å². The fraction of sp³-hybridized carbons (Fsp3) is 0.440. The third-order valence-corrected chi connectivity index (χ3v) is 7.43. The lowest BCUT2D eigenvalue weighted by Gasteiger charge is -2.33. The topological polar surface area (TPSA) is 41.4 Å². The van der Waals surface area contributed by atoms with E-state index in [1.165, 1.54) is 18.9 Å². The van der Waals surface area contributed by atoms with Crippen LogP contribution in [0.1, 0.15) is 38.1 Å². The molecular formula is C25H27FN4O. The largest absolute Gasteiger partial charge is 0.367 e. The number of nitrogens with zero attached hydrogens (tertiary/aromatic N) is 4. The molecule has 2 aromatic carbocycles. The Morgan fingerprint density at radius 1 is 0.903 bits per heavy atom. The molecule has 4 heterocycles. The monoisotopic (exact) mass is 418 g/mol. The maximum Gasteiger partial charge on any atom is 0.261 e. The van der Waals surface area contributed by atoms with Gasteiger partial charge in [0.2, 0.25) is 0 Å². The molecule has 6 heteroatoms. The van der Waals surface area contributed by atoms with Gasteiger partial charge in [0.05, 0.1) is 16.5 Å². The number of hydrogen-bond acceptors (Lipinski definition) is 4. The van der Waals surface area contributed by atoms with E-state index in [2.05, 4.69) is 15.9 Å². The van der Waals surface area contributed by atoms with Gasteiger partial charge in [-0.2, -0.15) is 0 Å². The van der Waals surface area contributed by atoms with E-state index in [4.69, 9.17) is 4.98 Å². The molecule has 0 N–H and O–H groups in total. The highest BCUT2D eigenvalue weighted by atomic mass is 19.1. The van der Waals surface area contributed by atoms with Crippen molar-refractivity contribution in [2.75, 3.05) is 31.1 Å². The maximum atomic E-state index is 14.6. The minimum atomic E-state index is -0.339. The Morgan fingerprint density at radius 2 is 1.71 bits per heavy atom. The molecule has 0 unspecified atom stereocenters. The average molecular weight is 419 g/mol. The second kappa shape index (κ2) is 7.45. The zero-order valence-corrected chi connectivity index (χ0v) is 17.6. The van der Waals surface area contributed by atoms with Gasteiger partial charge in [0, 0.05) is 44.0 Å². The highest BCUT2D eigenvalue weighted by molar-refractivity contribution is 5.83. The summed E-state index contributed by atoms with van der Waals surface area (Å²) < 4.78 is 16.4. The first-order chi connectivity index (χ1) is 15.2. The van der Waals surface area contributed by atoms with Crippen molar-refractivity contribution < 1.29 is 4.39 Å². The summed E-state index contributed by atoms with van der Waals surface area (Å²) in [5, 5.41) is 0.642. The number of halogens is 1. The van der Waals surface area contributed by atoms with Crippen LogP contribution in [0.15, 0.2) is 47.3 Å². The number of rotatable bonds is 3. The molecule has 4 fully saturated rings. The lowest BCUT2D eigenvalue weighted by atomic mass is 9.92. The smallest absolute Gasteiger partial charge is 0.261 e. The normalized spacial score (nSPS) is 23.7. The molecule has 3 aromatic rings. The van der Waals surface area contributed by atoms with Gasteiger partial charge < -0.3 is 9.80 Å². The summed E-state index contributed by atoms with van der Waals surface area (Å²) in [6.07, 6.45) is 5.33. The van der Waals surface area contributed by atoms with Crippen LogP contribution in [-0.2, 0) is 0 Å². The molecule has 3 aliphatic heterocycles. The van der Waals surface area contributed by atoms with Gasteiger partial charge in [0.25, 0.3) is 5.56 Å². The van der Waals surface area contributed by atoms with E-state index in [9.17, 15) is 9.18 Å². The van der Waals surface area contributed by atoms with Gasteiger partial charge in [-0.05, 0) is 62.4 Å². The molecule has 1 aromatic heterocycles. The molecule has 4 aliphatic rings. The van der Waals surface area contributed by atoms with E-state index < -0.39 is 0 Å². The predicted octanol–water partition coefficient (Wildman–Crippen LogP) is 4.21. The summed E-state index contributed by atoms with van der Waals surface area (Å²) in [6.45, 7) is 4.40. The van der Waals surface area contributed by atoms with E-state index in [-0.39, 0.29) is 17.4 Å². The van der Waals surface area contributed by atoms with E-state index >= 15 is 0 Å². The number of benzene rings is 2. The third-order valence-electron chi connectivity index (χ3n) is 7.43. The zero-order valence-electron chi connectivity index (χ0n) is 17.6. The van der Waals surface area contributed by atoms with Crippen LogP contribution in [0.2, 0.25) is 0 Å². The Bertz CT molecular complexity index is 1190. The molecule has 5 nitrogen and oxygen atoms in total. The molecule has 1 saturated carbocycles. The standard InChI is InChI=1S/C25H27FN4O/c26-22-7-2-1-6-20(22)24-27-23-9-8-19(29-15-14-28-12-10-17(29)11-13-28)16-21(23)25(31)30(24)18-4-3-5-18/h1-2,6-9,16-18H,3-5,10-15H2. The lowest BCUT2D eigenvalue weighted by molar-refractivity contribution is 0.250. The van der Waals surface area contributed by atoms with Crippen LogP contribution in [0.25, 0.3) is 22.3 Å². The molecule has 0 amide bonds. The Hall–Kier alpha value is -2.73. The molecule has 1 aliphatic carbocycles. The number of piperidine rings is 1. The van der Waals surface area contributed by atoms with Crippen LogP contribution in [0.3, 0.4) is 0 Å². The number of fused-ring (bicyclic) bond motifs is 5. The van der Waals surface area contributed by atoms with Gasteiger partial charge in [0.15, 0.2) is 0 Å². The Labute approximate surface area is 181 Å². The van der Waals surface area contributed by atoms with Crippen LogP contribution >= 0.6 is 0 Å². The van der Waals surface area contributed by atoms with Crippen molar-refractivity contribution >= 4 is 16.6 Å². The highest BCUT2D eigenvalue weighted by Gasteiger charge is 2.30. The summed E-state index contributed by atoms with van der Waals surface area (Å²) in [5.41, 5.74) is 2.11. The second-order valence-electron chi connectivity index (χ2n) is 9.14. The summed E-state index contributed by atoms with van der Waals surface area (Å²) in [5.74, 6) is 0.114. The summed E-state index contributed by atoms with van der Waals surface area (Å²) in [7, 11) is 0. The Morgan fingerprint density at radius 3 is 2.45 bits per heavy atom. The number of anilines is 1. The van der Waals surface area contributed by atoms with Gasteiger partial charge >= 0.3 is 0 Å². The molecule has 3 saturated heterocycles. The Balaban J connectivity index is 1.51. The fourth-order valence-electron chi connectivity index (χ4n) is 5.41. The number of hydrogen-bond donors (Lipinski definition) is 0. The number of aromatic nitrogens is 2. The summed E-state index contributed by atoms with van der Waals surface area (Å²) >= 11 is 0. The van der Waals surface area contributed by atoms with Crippen LogP contribution in [0.5, 0.6) is 0 Å². The first kappa shape index (κ1) is 19.0. The molecule has 2 bridgehead atoms. The Kier molecular flexibility index (Phi) is 4.56. The van der Waals surface area contributed by atoms with Crippen molar-refractivity contribution in [3.05, 3.63) is 58.6 Å². The molecular weight excluding hydrogens is 391 g/mol. The van der Waals surface area contributed by atoms with Crippen LogP contribution in [0.4, 0.5) is 10.1 Å². The lowest BCUT2D eigenvalue weighted by Crippen LogP contribution is -2.38. The van der Waals surface area contributed by atoms with Gasteiger partial charge in [0.1, 0.15) is 11.6 Å². The second-order valence-corrected chi connectivity index (χ2v) is 9.14. The van der Waals surface area contributed by atoms with Gasteiger partial charge in [-0.1, -0.05) is 12.1 Å².